The minimum absolute atomic E-state index is 0.223. The summed E-state index contributed by atoms with van der Waals surface area (Å²) in [5.74, 6) is 0.565. The van der Waals surface area contributed by atoms with Gasteiger partial charge in [0.15, 0.2) is 0 Å². The van der Waals surface area contributed by atoms with E-state index in [1.807, 2.05) is 25.1 Å². The first-order valence-corrected chi connectivity index (χ1v) is 7.01. The molecule has 0 atom stereocenters. The molecule has 0 bridgehead atoms. The maximum absolute atomic E-state index is 13.7. The SMILES string of the molecule is Cc1cc(F)cc(-n2c(CCl)nc3cccc(Cl)c32)c1. The molecule has 0 unspecified atom stereocenters. The molecule has 0 N–H and O–H groups in total. The van der Waals surface area contributed by atoms with Crippen LogP contribution in [0.15, 0.2) is 36.4 Å². The van der Waals surface area contributed by atoms with Crippen LogP contribution in [0.5, 0.6) is 0 Å². The highest BCUT2D eigenvalue weighted by Crippen LogP contribution is 2.29. The van der Waals surface area contributed by atoms with Gasteiger partial charge in [0.2, 0.25) is 0 Å². The zero-order valence-electron chi connectivity index (χ0n) is 10.7. The minimum atomic E-state index is -0.297. The van der Waals surface area contributed by atoms with E-state index in [1.54, 1.807) is 10.6 Å². The summed E-state index contributed by atoms with van der Waals surface area (Å²) in [5, 5.41) is 0.563. The molecule has 0 radical (unpaired) electrons. The maximum atomic E-state index is 13.7. The number of halogens is 3. The number of aromatic nitrogens is 2. The van der Waals surface area contributed by atoms with Gasteiger partial charge in [-0.3, -0.25) is 4.57 Å². The molecular weight excluding hydrogens is 298 g/mol. The Balaban J connectivity index is 2.39. The van der Waals surface area contributed by atoms with Crippen LogP contribution in [0.4, 0.5) is 4.39 Å². The van der Waals surface area contributed by atoms with Crippen LogP contribution in [-0.4, -0.2) is 9.55 Å². The summed E-state index contributed by atoms with van der Waals surface area (Å²) in [5.41, 5.74) is 2.99. The summed E-state index contributed by atoms with van der Waals surface area (Å²) in [4.78, 5) is 4.45. The largest absolute Gasteiger partial charge is 0.294 e. The quantitative estimate of drug-likeness (QED) is 0.618. The molecule has 1 heterocycles. The van der Waals surface area contributed by atoms with E-state index in [0.29, 0.717) is 16.5 Å². The first-order valence-electron chi connectivity index (χ1n) is 6.09. The van der Waals surface area contributed by atoms with Gasteiger partial charge in [-0.1, -0.05) is 17.7 Å². The molecule has 3 rings (SSSR count). The molecule has 0 saturated carbocycles. The molecule has 0 fully saturated rings. The van der Waals surface area contributed by atoms with Crippen molar-refractivity contribution in [2.24, 2.45) is 0 Å². The Morgan fingerprint density at radius 2 is 2.05 bits per heavy atom. The normalized spacial score (nSPS) is 11.2. The van der Waals surface area contributed by atoms with E-state index in [4.69, 9.17) is 23.2 Å². The van der Waals surface area contributed by atoms with Crippen LogP contribution in [-0.2, 0) is 5.88 Å². The first kappa shape index (κ1) is 13.4. The van der Waals surface area contributed by atoms with Crippen molar-refractivity contribution in [2.75, 3.05) is 0 Å². The molecule has 0 aliphatic carbocycles. The van der Waals surface area contributed by atoms with E-state index >= 15 is 0 Å². The van der Waals surface area contributed by atoms with Crippen molar-refractivity contribution in [3.63, 3.8) is 0 Å². The monoisotopic (exact) mass is 308 g/mol. The fourth-order valence-corrected chi connectivity index (χ4v) is 2.78. The molecule has 0 saturated heterocycles. The van der Waals surface area contributed by atoms with Gasteiger partial charge in [-0.05, 0) is 42.8 Å². The lowest BCUT2D eigenvalue weighted by atomic mass is 10.2. The van der Waals surface area contributed by atoms with Gasteiger partial charge in [0.1, 0.15) is 11.6 Å². The number of alkyl halides is 1. The van der Waals surface area contributed by atoms with Gasteiger partial charge >= 0.3 is 0 Å². The Kier molecular flexibility index (Phi) is 3.40. The maximum Gasteiger partial charge on any atom is 0.129 e. The van der Waals surface area contributed by atoms with E-state index in [0.717, 1.165) is 16.6 Å². The summed E-state index contributed by atoms with van der Waals surface area (Å²) < 4.78 is 15.5. The Hall–Kier alpha value is -1.58. The van der Waals surface area contributed by atoms with Crippen LogP contribution in [0.3, 0.4) is 0 Å². The lowest BCUT2D eigenvalue weighted by Crippen LogP contribution is -2.00. The number of hydrogen-bond donors (Lipinski definition) is 0. The van der Waals surface area contributed by atoms with Crippen molar-refractivity contribution in [3.8, 4) is 5.69 Å². The second-order valence-electron chi connectivity index (χ2n) is 4.59. The van der Waals surface area contributed by atoms with Crippen LogP contribution < -0.4 is 0 Å². The third kappa shape index (κ3) is 2.17. The first-order chi connectivity index (χ1) is 9.60. The van der Waals surface area contributed by atoms with Gasteiger partial charge in [-0.2, -0.15) is 0 Å². The molecule has 20 heavy (non-hydrogen) atoms. The van der Waals surface area contributed by atoms with Gasteiger partial charge in [-0.15, -0.1) is 11.6 Å². The predicted molar refractivity (Wildman–Crippen MR) is 80.3 cm³/mol. The van der Waals surface area contributed by atoms with Crippen molar-refractivity contribution >= 4 is 34.2 Å². The standard InChI is InChI=1S/C15H11Cl2FN2/c1-9-5-10(18)7-11(6-9)20-14(8-16)19-13-4-2-3-12(17)15(13)20/h2-7H,8H2,1H3. The number of aryl methyl sites for hydroxylation is 1. The lowest BCUT2D eigenvalue weighted by Gasteiger charge is -2.10. The average molecular weight is 309 g/mol. The van der Waals surface area contributed by atoms with Crippen molar-refractivity contribution in [3.05, 3.63) is 58.6 Å². The second-order valence-corrected chi connectivity index (χ2v) is 5.27. The Morgan fingerprint density at radius 3 is 2.75 bits per heavy atom. The Morgan fingerprint density at radius 1 is 1.25 bits per heavy atom. The number of benzene rings is 2. The number of rotatable bonds is 2. The molecule has 2 nitrogen and oxygen atoms in total. The van der Waals surface area contributed by atoms with Gasteiger partial charge < -0.3 is 0 Å². The van der Waals surface area contributed by atoms with Crippen LogP contribution in [0.2, 0.25) is 5.02 Å². The molecule has 0 spiro atoms. The van der Waals surface area contributed by atoms with Gasteiger partial charge in [-0.25, -0.2) is 9.37 Å². The number of para-hydroxylation sites is 1. The highest BCUT2D eigenvalue weighted by atomic mass is 35.5. The smallest absolute Gasteiger partial charge is 0.129 e. The zero-order chi connectivity index (χ0) is 14.3. The summed E-state index contributed by atoms with van der Waals surface area (Å²) in [6.07, 6.45) is 0. The minimum Gasteiger partial charge on any atom is -0.294 e. The van der Waals surface area contributed by atoms with Crippen LogP contribution in [0.25, 0.3) is 16.7 Å². The Bertz CT molecular complexity index is 776. The molecule has 0 aliphatic rings. The van der Waals surface area contributed by atoms with Crippen molar-refractivity contribution in [2.45, 2.75) is 12.8 Å². The number of hydrogen-bond acceptors (Lipinski definition) is 1. The van der Waals surface area contributed by atoms with Gasteiger partial charge in [0, 0.05) is 0 Å². The average Bonchev–Trinajstić information content (AvgIpc) is 2.77. The number of imidazole rings is 1. The van der Waals surface area contributed by atoms with E-state index < -0.39 is 0 Å². The van der Waals surface area contributed by atoms with E-state index in [9.17, 15) is 4.39 Å². The molecule has 1 aromatic heterocycles. The number of nitrogens with zero attached hydrogens (tertiary/aromatic N) is 2. The predicted octanol–water partition coefficient (Wildman–Crippen LogP) is 4.87. The Labute approximate surface area is 125 Å². The summed E-state index contributed by atoms with van der Waals surface area (Å²) in [7, 11) is 0. The lowest BCUT2D eigenvalue weighted by molar-refractivity contribution is 0.625. The molecule has 3 aromatic rings. The fourth-order valence-electron chi connectivity index (χ4n) is 2.35. The molecule has 0 aliphatic heterocycles. The van der Waals surface area contributed by atoms with E-state index in [-0.39, 0.29) is 11.7 Å². The summed E-state index contributed by atoms with van der Waals surface area (Å²) >= 11 is 12.2. The number of fused-ring (bicyclic) bond motifs is 1. The van der Waals surface area contributed by atoms with Crippen molar-refractivity contribution < 1.29 is 4.39 Å². The van der Waals surface area contributed by atoms with Crippen molar-refractivity contribution in [1.82, 2.24) is 9.55 Å². The van der Waals surface area contributed by atoms with Gasteiger partial charge in [0.05, 0.1) is 27.6 Å². The molecule has 5 heteroatoms. The topological polar surface area (TPSA) is 17.8 Å². The summed E-state index contributed by atoms with van der Waals surface area (Å²) in [6.45, 7) is 1.84. The second kappa shape index (κ2) is 5.08. The molecule has 0 amide bonds. The van der Waals surface area contributed by atoms with Crippen LogP contribution in [0.1, 0.15) is 11.4 Å². The van der Waals surface area contributed by atoms with Crippen molar-refractivity contribution in [1.29, 1.82) is 0 Å². The molecule has 2 aromatic carbocycles. The highest BCUT2D eigenvalue weighted by Gasteiger charge is 2.15. The molecular formula is C15H11Cl2FN2. The summed E-state index contributed by atoms with van der Waals surface area (Å²) in [6, 6.07) is 10.3. The van der Waals surface area contributed by atoms with Crippen LogP contribution in [0, 0.1) is 12.7 Å². The highest BCUT2D eigenvalue weighted by molar-refractivity contribution is 6.35. The third-order valence-corrected chi connectivity index (χ3v) is 3.65. The molecule has 102 valence electrons. The zero-order valence-corrected chi connectivity index (χ0v) is 12.2. The third-order valence-electron chi connectivity index (χ3n) is 3.10. The van der Waals surface area contributed by atoms with Gasteiger partial charge in [0.25, 0.3) is 0 Å². The fraction of sp³-hybridized carbons (Fsp3) is 0.133. The van der Waals surface area contributed by atoms with Crippen LogP contribution >= 0.6 is 23.2 Å². The van der Waals surface area contributed by atoms with E-state index in [1.165, 1.54) is 12.1 Å². The van der Waals surface area contributed by atoms with E-state index in [2.05, 4.69) is 4.98 Å².